The molecular weight excluding hydrogens is 387 g/mol. The van der Waals surface area contributed by atoms with Crippen LogP contribution in [-0.2, 0) is 25.5 Å². The summed E-state index contributed by atoms with van der Waals surface area (Å²) in [6, 6.07) is 15.8. The number of benzene rings is 2. The molecule has 1 fully saturated rings. The predicted molar refractivity (Wildman–Crippen MR) is 109 cm³/mol. The lowest BCUT2D eigenvalue weighted by Gasteiger charge is -2.25. The summed E-state index contributed by atoms with van der Waals surface area (Å²) < 4.78 is 18.6. The Hall–Kier alpha value is -3.22. The van der Waals surface area contributed by atoms with E-state index in [4.69, 9.17) is 4.74 Å². The Balaban J connectivity index is 1.42. The zero-order chi connectivity index (χ0) is 21.5. The summed E-state index contributed by atoms with van der Waals surface area (Å²) in [5.41, 5.74) is 1.50. The van der Waals surface area contributed by atoms with Gasteiger partial charge in [0.2, 0.25) is 5.91 Å². The largest absolute Gasteiger partial charge is 0.455 e. The topological polar surface area (TPSA) is 75.7 Å². The third-order valence-corrected chi connectivity index (χ3v) is 5.26. The first-order valence-corrected chi connectivity index (χ1v) is 9.97. The first-order chi connectivity index (χ1) is 14.5. The van der Waals surface area contributed by atoms with Crippen LogP contribution in [0.25, 0.3) is 0 Å². The number of carbonyl (C=O) groups excluding carboxylic acids is 3. The molecule has 1 N–H and O–H groups in total. The van der Waals surface area contributed by atoms with Gasteiger partial charge in [-0.05, 0) is 30.5 Å². The van der Waals surface area contributed by atoms with E-state index in [1.54, 1.807) is 23.1 Å². The number of hydrogen-bond donors (Lipinski definition) is 1. The molecule has 7 heteroatoms. The highest BCUT2D eigenvalue weighted by Gasteiger charge is 2.38. The fraction of sp³-hybridized carbons (Fsp3) is 0.348. The van der Waals surface area contributed by atoms with Crippen LogP contribution in [0.2, 0.25) is 0 Å². The lowest BCUT2D eigenvalue weighted by atomic mass is 10.1. The van der Waals surface area contributed by atoms with Gasteiger partial charge >= 0.3 is 5.97 Å². The van der Waals surface area contributed by atoms with Crippen LogP contribution in [0.4, 0.5) is 4.39 Å². The molecule has 2 atom stereocenters. The van der Waals surface area contributed by atoms with Crippen LogP contribution in [0.15, 0.2) is 54.6 Å². The fourth-order valence-corrected chi connectivity index (χ4v) is 3.52. The molecule has 0 spiro atoms. The molecule has 2 aromatic rings. The number of ether oxygens (including phenoxy) is 1. The number of halogens is 1. The number of amides is 2. The Labute approximate surface area is 175 Å². The van der Waals surface area contributed by atoms with Crippen molar-refractivity contribution in [1.29, 1.82) is 0 Å². The predicted octanol–water partition coefficient (Wildman–Crippen LogP) is 2.64. The molecule has 0 unspecified atom stereocenters. The van der Waals surface area contributed by atoms with Crippen molar-refractivity contribution >= 4 is 17.8 Å². The van der Waals surface area contributed by atoms with E-state index < -0.39 is 24.4 Å². The molecule has 6 nitrogen and oxygen atoms in total. The second-order valence-electron chi connectivity index (χ2n) is 7.33. The smallest absolute Gasteiger partial charge is 0.311 e. The van der Waals surface area contributed by atoms with Crippen LogP contribution in [-0.4, -0.2) is 42.4 Å². The quantitative estimate of drug-likeness (QED) is 0.677. The number of hydrogen-bond acceptors (Lipinski definition) is 4. The maximum atomic E-state index is 13.6. The van der Waals surface area contributed by atoms with Crippen LogP contribution in [0.1, 0.15) is 30.5 Å². The van der Waals surface area contributed by atoms with E-state index in [0.717, 1.165) is 5.56 Å². The number of likely N-dealkylation sites (tertiary alicyclic amines) is 1. The Kier molecular flexibility index (Phi) is 7.17. The minimum Gasteiger partial charge on any atom is -0.455 e. The van der Waals surface area contributed by atoms with Crippen LogP contribution in [0, 0.1) is 11.7 Å². The Morgan fingerprint density at radius 1 is 1.17 bits per heavy atom. The van der Waals surface area contributed by atoms with Gasteiger partial charge in [-0.25, -0.2) is 4.39 Å². The molecule has 0 radical (unpaired) electrons. The first-order valence-electron chi connectivity index (χ1n) is 9.97. The van der Waals surface area contributed by atoms with E-state index in [2.05, 4.69) is 5.32 Å². The number of nitrogens with zero attached hydrogens (tertiary/aromatic N) is 1. The van der Waals surface area contributed by atoms with Crippen molar-refractivity contribution in [2.45, 2.75) is 25.8 Å². The van der Waals surface area contributed by atoms with Crippen molar-refractivity contribution in [3.63, 3.8) is 0 Å². The molecule has 1 saturated heterocycles. The molecule has 1 aliphatic heterocycles. The maximum absolute atomic E-state index is 13.6. The minimum absolute atomic E-state index is 0.0743. The van der Waals surface area contributed by atoms with Gasteiger partial charge in [-0.15, -0.1) is 0 Å². The lowest BCUT2D eigenvalue weighted by Crippen LogP contribution is -2.33. The molecule has 0 aliphatic carbocycles. The molecule has 158 valence electrons. The normalized spacial score (nSPS) is 16.9. The van der Waals surface area contributed by atoms with Gasteiger partial charge in [0.05, 0.1) is 12.0 Å². The van der Waals surface area contributed by atoms with Crippen LogP contribution < -0.4 is 5.32 Å². The van der Waals surface area contributed by atoms with Crippen molar-refractivity contribution in [3.8, 4) is 0 Å². The summed E-state index contributed by atoms with van der Waals surface area (Å²) in [4.78, 5) is 38.2. The van der Waals surface area contributed by atoms with E-state index >= 15 is 0 Å². The lowest BCUT2D eigenvalue weighted by molar-refractivity contribution is -0.152. The van der Waals surface area contributed by atoms with Gasteiger partial charge in [0.15, 0.2) is 6.61 Å². The summed E-state index contributed by atoms with van der Waals surface area (Å²) in [6.07, 6.45) is 0.417. The SMILES string of the molecule is C[C@H](c1ccccc1)N1C[C@@H](C(=O)OCC(=O)NCCc2ccccc2F)CC1=O. The molecule has 1 heterocycles. The average molecular weight is 412 g/mol. The van der Waals surface area contributed by atoms with E-state index in [1.807, 2.05) is 37.3 Å². The van der Waals surface area contributed by atoms with Crippen LogP contribution >= 0.6 is 0 Å². The van der Waals surface area contributed by atoms with Crippen molar-refractivity contribution < 1.29 is 23.5 Å². The summed E-state index contributed by atoms with van der Waals surface area (Å²) in [6.45, 7) is 2.00. The highest BCUT2D eigenvalue weighted by Crippen LogP contribution is 2.28. The summed E-state index contributed by atoms with van der Waals surface area (Å²) in [5.74, 6) is -2.04. The molecule has 0 aromatic heterocycles. The van der Waals surface area contributed by atoms with Crippen molar-refractivity contribution in [1.82, 2.24) is 10.2 Å². The van der Waals surface area contributed by atoms with Crippen molar-refractivity contribution in [2.75, 3.05) is 19.7 Å². The Morgan fingerprint density at radius 3 is 2.60 bits per heavy atom. The number of carbonyl (C=O) groups is 3. The van der Waals surface area contributed by atoms with Gasteiger partial charge in [-0.2, -0.15) is 0 Å². The molecule has 30 heavy (non-hydrogen) atoms. The van der Waals surface area contributed by atoms with E-state index in [-0.39, 0.29) is 37.3 Å². The molecule has 0 bridgehead atoms. The van der Waals surface area contributed by atoms with Gasteiger partial charge < -0.3 is 15.0 Å². The molecular formula is C23H25FN2O4. The summed E-state index contributed by atoms with van der Waals surface area (Å²) >= 11 is 0. The molecule has 0 saturated carbocycles. The third-order valence-electron chi connectivity index (χ3n) is 5.26. The molecule has 2 amide bonds. The monoisotopic (exact) mass is 412 g/mol. The van der Waals surface area contributed by atoms with Gasteiger partial charge in [-0.3, -0.25) is 14.4 Å². The number of rotatable bonds is 8. The summed E-state index contributed by atoms with van der Waals surface area (Å²) in [7, 11) is 0. The molecule has 3 rings (SSSR count). The van der Waals surface area contributed by atoms with E-state index in [1.165, 1.54) is 6.07 Å². The van der Waals surface area contributed by atoms with Crippen molar-refractivity contribution in [2.24, 2.45) is 5.92 Å². The highest BCUT2D eigenvalue weighted by atomic mass is 19.1. The first kappa shape index (κ1) is 21.5. The van der Waals surface area contributed by atoms with Crippen molar-refractivity contribution in [3.05, 3.63) is 71.5 Å². The number of esters is 1. The van der Waals surface area contributed by atoms with Crippen LogP contribution in [0.3, 0.4) is 0 Å². The van der Waals surface area contributed by atoms with E-state index in [0.29, 0.717) is 12.0 Å². The zero-order valence-electron chi connectivity index (χ0n) is 16.8. The average Bonchev–Trinajstić information content (AvgIpc) is 3.15. The van der Waals surface area contributed by atoms with Gasteiger partial charge in [0.1, 0.15) is 5.82 Å². The van der Waals surface area contributed by atoms with Gasteiger partial charge in [0, 0.05) is 19.5 Å². The maximum Gasteiger partial charge on any atom is 0.311 e. The standard InChI is InChI=1S/C23H25FN2O4/c1-16(17-7-3-2-4-8-17)26-14-19(13-22(26)28)23(29)30-15-21(27)25-12-11-18-9-5-6-10-20(18)24/h2-10,16,19H,11-15H2,1H3,(H,25,27)/t16-,19+/m1/s1. The number of nitrogens with one attached hydrogen (secondary N) is 1. The van der Waals surface area contributed by atoms with Gasteiger partial charge in [-0.1, -0.05) is 48.5 Å². The molecule has 2 aromatic carbocycles. The third kappa shape index (κ3) is 5.43. The van der Waals surface area contributed by atoms with E-state index in [9.17, 15) is 18.8 Å². The summed E-state index contributed by atoms with van der Waals surface area (Å²) in [5, 5.41) is 2.60. The highest BCUT2D eigenvalue weighted by molar-refractivity contribution is 5.88. The Bertz CT molecular complexity index is 903. The Morgan fingerprint density at radius 2 is 1.87 bits per heavy atom. The molecule has 1 aliphatic rings. The zero-order valence-corrected chi connectivity index (χ0v) is 16.8. The van der Waals surface area contributed by atoms with Crippen LogP contribution in [0.5, 0.6) is 0 Å². The fourth-order valence-electron chi connectivity index (χ4n) is 3.52. The minimum atomic E-state index is -0.588. The second-order valence-corrected chi connectivity index (χ2v) is 7.33. The van der Waals surface area contributed by atoms with Gasteiger partial charge in [0.25, 0.3) is 5.91 Å². The second kappa shape index (κ2) is 10.0.